The van der Waals surface area contributed by atoms with Crippen LogP contribution in [0.3, 0.4) is 0 Å². The van der Waals surface area contributed by atoms with Gasteiger partial charge in [0.1, 0.15) is 0 Å². The highest BCUT2D eigenvalue weighted by Gasteiger charge is 2.41. The summed E-state index contributed by atoms with van der Waals surface area (Å²) >= 11 is 3.45. The maximum Gasteiger partial charge on any atom is 0.0545 e. The smallest absolute Gasteiger partial charge is 0.0545 e. The van der Waals surface area contributed by atoms with Gasteiger partial charge >= 0.3 is 0 Å². The Morgan fingerprint density at radius 3 is 2.55 bits per heavy atom. The van der Waals surface area contributed by atoms with Gasteiger partial charge in [0.15, 0.2) is 0 Å². The molecule has 2 heterocycles. The molecule has 1 aliphatic heterocycles. The van der Waals surface area contributed by atoms with Crippen LogP contribution in [0.5, 0.6) is 0 Å². The average Bonchev–Trinajstić information content (AvgIpc) is 2.42. The van der Waals surface area contributed by atoms with E-state index in [0.29, 0.717) is 0 Å². The molecule has 0 saturated carbocycles. The van der Waals surface area contributed by atoms with E-state index in [0.717, 1.165) is 29.8 Å². The van der Waals surface area contributed by atoms with E-state index in [1.54, 1.807) is 0 Å². The first kappa shape index (κ1) is 15.9. The third-order valence-corrected chi connectivity index (χ3v) is 5.08. The fourth-order valence-electron chi connectivity index (χ4n) is 3.08. The van der Waals surface area contributed by atoms with E-state index in [2.05, 4.69) is 71.0 Å². The second kappa shape index (κ2) is 6.12. The molecule has 1 saturated heterocycles. The van der Waals surface area contributed by atoms with Gasteiger partial charge in [-0.15, -0.1) is 0 Å². The SMILES string of the molecule is CCC1(CC)CNC(C)(C)CN1Cc1ccc(Br)cn1. The van der Waals surface area contributed by atoms with E-state index >= 15 is 0 Å². The molecule has 0 atom stereocenters. The molecule has 0 spiro atoms. The van der Waals surface area contributed by atoms with Crippen molar-refractivity contribution >= 4 is 15.9 Å². The molecule has 1 fully saturated rings. The maximum atomic E-state index is 4.55. The van der Waals surface area contributed by atoms with Gasteiger partial charge in [-0.3, -0.25) is 9.88 Å². The molecule has 2 rings (SSSR count). The molecule has 1 N–H and O–H groups in total. The Bertz CT molecular complexity index is 438. The zero-order valence-electron chi connectivity index (χ0n) is 13.0. The zero-order chi connectivity index (χ0) is 14.8. The minimum atomic E-state index is 0.170. The Labute approximate surface area is 131 Å². The molecule has 0 unspecified atom stereocenters. The molecular weight excluding hydrogens is 314 g/mol. The molecule has 0 aliphatic carbocycles. The van der Waals surface area contributed by atoms with Gasteiger partial charge in [-0.25, -0.2) is 0 Å². The molecule has 112 valence electrons. The summed E-state index contributed by atoms with van der Waals surface area (Å²) in [4.78, 5) is 7.17. The molecular formula is C16H26BrN3. The van der Waals surface area contributed by atoms with Crippen LogP contribution in [0.2, 0.25) is 0 Å². The van der Waals surface area contributed by atoms with Crippen molar-refractivity contribution in [2.75, 3.05) is 13.1 Å². The van der Waals surface area contributed by atoms with E-state index in [4.69, 9.17) is 0 Å². The minimum Gasteiger partial charge on any atom is -0.309 e. The summed E-state index contributed by atoms with van der Waals surface area (Å²) in [6.45, 7) is 12.2. The monoisotopic (exact) mass is 339 g/mol. The lowest BCUT2D eigenvalue weighted by Gasteiger charge is -2.52. The van der Waals surface area contributed by atoms with Gasteiger partial charge in [0.05, 0.1) is 5.69 Å². The van der Waals surface area contributed by atoms with E-state index in [9.17, 15) is 0 Å². The van der Waals surface area contributed by atoms with Crippen molar-refractivity contribution in [3.63, 3.8) is 0 Å². The van der Waals surface area contributed by atoms with Gasteiger partial charge < -0.3 is 5.32 Å². The highest BCUT2D eigenvalue weighted by molar-refractivity contribution is 9.10. The standard InChI is InChI=1S/C16H26BrN3/c1-5-16(6-2)11-19-15(3,4)12-20(16)10-14-8-7-13(17)9-18-14/h7-9,19H,5-6,10-12H2,1-4H3. The van der Waals surface area contributed by atoms with Gasteiger partial charge in [-0.2, -0.15) is 0 Å². The first-order chi connectivity index (χ1) is 9.41. The van der Waals surface area contributed by atoms with Crippen LogP contribution in [-0.2, 0) is 6.54 Å². The lowest BCUT2D eigenvalue weighted by Crippen LogP contribution is -2.67. The lowest BCUT2D eigenvalue weighted by molar-refractivity contribution is 0.00146. The Morgan fingerprint density at radius 1 is 1.30 bits per heavy atom. The first-order valence-corrected chi connectivity index (χ1v) is 8.30. The van der Waals surface area contributed by atoms with E-state index < -0.39 is 0 Å². The fraction of sp³-hybridized carbons (Fsp3) is 0.688. The Kier molecular flexibility index (Phi) is 4.88. The maximum absolute atomic E-state index is 4.55. The molecule has 1 aromatic rings. The quantitative estimate of drug-likeness (QED) is 0.908. The van der Waals surface area contributed by atoms with Gasteiger partial charge in [-0.1, -0.05) is 13.8 Å². The van der Waals surface area contributed by atoms with Crippen LogP contribution in [0.15, 0.2) is 22.8 Å². The molecule has 0 radical (unpaired) electrons. The largest absolute Gasteiger partial charge is 0.309 e. The summed E-state index contributed by atoms with van der Waals surface area (Å²) in [5.74, 6) is 0. The van der Waals surface area contributed by atoms with Crippen molar-refractivity contribution in [3.8, 4) is 0 Å². The number of hydrogen-bond donors (Lipinski definition) is 1. The van der Waals surface area contributed by atoms with Crippen molar-refractivity contribution in [1.82, 2.24) is 15.2 Å². The van der Waals surface area contributed by atoms with E-state index in [1.807, 2.05) is 6.20 Å². The number of pyridine rings is 1. The molecule has 1 aromatic heterocycles. The van der Waals surface area contributed by atoms with Crippen LogP contribution in [0.4, 0.5) is 0 Å². The van der Waals surface area contributed by atoms with Crippen LogP contribution < -0.4 is 5.32 Å². The average molecular weight is 340 g/mol. The minimum absolute atomic E-state index is 0.170. The van der Waals surface area contributed by atoms with Crippen LogP contribution in [0.1, 0.15) is 46.2 Å². The van der Waals surface area contributed by atoms with Crippen molar-refractivity contribution in [2.45, 2.75) is 58.2 Å². The topological polar surface area (TPSA) is 28.2 Å². The number of hydrogen-bond acceptors (Lipinski definition) is 3. The highest BCUT2D eigenvalue weighted by atomic mass is 79.9. The predicted molar refractivity (Wildman–Crippen MR) is 87.7 cm³/mol. The number of halogens is 1. The van der Waals surface area contributed by atoms with Crippen LogP contribution in [0.25, 0.3) is 0 Å². The van der Waals surface area contributed by atoms with Crippen LogP contribution >= 0.6 is 15.9 Å². The molecule has 3 nitrogen and oxygen atoms in total. The third kappa shape index (κ3) is 3.41. The zero-order valence-corrected chi connectivity index (χ0v) is 14.6. The highest BCUT2D eigenvalue weighted by Crippen LogP contribution is 2.31. The van der Waals surface area contributed by atoms with Crippen molar-refractivity contribution in [3.05, 3.63) is 28.5 Å². The van der Waals surface area contributed by atoms with Crippen LogP contribution in [0, 0.1) is 0 Å². The first-order valence-electron chi connectivity index (χ1n) is 7.51. The number of rotatable bonds is 4. The number of nitrogens with zero attached hydrogens (tertiary/aromatic N) is 2. The Hall–Kier alpha value is -0.450. The van der Waals surface area contributed by atoms with Gasteiger partial charge in [-0.05, 0) is 54.8 Å². The predicted octanol–water partition coefficient (Wildman–Crippen LogP) is 3.59. The van der Waals surface area contributed by atoms with Crippen LogP contribution in [-0.4, -0.2) is 34.1 Å². The summed E-state index contributed by atoms with van der Waals surface area (Å²) in [5.41, 5.74) is 1.57. The fourth-order valence-corrected chi connectivity index (χ4v) is 3.32. The van der Waals surface area contributed by atoms with Gasteiger partial charge in [0.25, 0.3) is 0 Å². The molecule has 0 amide bonds. The van der Waals surface area contributed by atoms with Crippen molar-refractivity contribution < 1.29 is 0 Å². The second-order valence-corrected chi connectivity index (χ2v) is 7.41. The Morgan fingerprint density at radius 2 is 2.00 bits per heavy atom. The van der Waals surface area contributed by atoms with E-state index in [1.165, 1.54) is 12.8 Å². The van der Waals surface area contributed by atoms with E-state index in [-0.39, 0.29) is 11.1 Å². The van der Waals surface area contributed by atoms with Gasteiger partial charge in [0, 0.05) is 41.4 Å². The Balaban J connectivity index is 2.21. The summed E-state index contributed by atoms with van der Waals surface area (Å²) < 4.78 is 1.04. The summed E-state index contributed by atoms with van der Waals surface area (Å²) in [6.07, 6.45) is 4.23. The lowest BCUT2D eigenvalue weighted by atomic mass is 9.84. The van der Waals surface area contributed by atoms with Crippen molar-refractivity contribution in [1.29, 1.82) is 0 Å². The molecule has 4 heteroatoms. The van der Waals surface area contributed by atoms with Crippen molar-refractivity contribution in [2.24, 2.45) is 0 Å². The number of piperazine rings is 1. The number of nitrogens with one attached hydrogen (secondary N) is 1. The summed E-state index contributed by atoms with van der Waals surface area (Å²) in [5, 5.41) is 3.71. The molecule has 1 aliphatic rings. The molecule has 0 aromatic carbocycles. The second-order valence-electron chi connectivity index (χ2n) is 6.49. The number of aromatic nitrogens is 1. The molecule has 20 heavy (non-hydrogen) atoms. The summed E-state index contributed by atoms with van der Waals surface area (Å²) in [6, 6.07) is 4.20. The van der Waals surface area contributed by atoms with Gasteiger partial charge in [0.2, 0.25) is 0 Å². The summed E-state index contributed by atoms with van der Waals surface area (Å²) in [7, 11) is 0. The molecule has 0 bridgehead atoms. The third-order valence-electron chi connectivity index (χ3n) is 4.61. The normalized spacial score (nSPS) is 21.9.